The third-order valence-corrected chi connectivity index (χ3v) is 3.33. The normalized spacial score (nSPS) is 10.2. The Morgan fingerprint density at radius 3 is 2.59 bits per heavy atom. The lowest BCUT2D eigenvalue weighted by molar-refractivity contribution is 0.415. The van der Waals surface area contributed by atoms with Crippen molar-refractivity contribution in [3.05, 3.63) is 54.3 Å². The van der Waals surface area contributed by atoms with Gasteiger partial charge in [0.15, 0.2) is 0 Å². The van der Waals surface area contributed by atoms with Crippen LogP contribution in [0.1, 0.15) is 5.56 Å². The number of furan rings is 1. The van der Waals surface area contributed by atoms with Gasteiger partial charge in [0.2, 0.25) is 0 Å². The van der Waals surface area contributed by atoms with E-state index in [4.69, 9.17) is 14.9 Å². The molecule has 0 saturated heterocycles. The van der Waals surface area contributed by atoms with Gasteiger partial charge in [-0.05, 0) is 42.5 Å². The third-order valence-electron chi connectivity index (χ3n) is 3.33. The molecule has 2 heterocycles. The summed E-state index contributed by atoms with van der Waals surface area (Å²) in [5.41, 5.74) is 8.43. The summed E-state index contributed by atoms with van der Waals surface area (Å²) in [6, 6.07) is 14.9. The maximum absolute atomic E-state index is 9.30. The molecule has 3 aromatic rings. The fourth-order valence-electron chi connectivity index (χ4n) is 2.22. The maximum atomic E-state index is 9.30. The van der Waals surface area contributed by atoms with Crippen LogP contribution in [0.5, 0.6) is 5.75 Å². The van der Waals surface area contributed by atoms with E-state index in [9.17, 15) is 5.26 Å². The van der Waals surface area contributed by atoms with Crippen LogP contribution in [0.2, 0.25) is 0 Å². The van der Waals surface area contributed by atoms with Crippen LogP contribution >= 0.6 is 0 Å². The van der Waals surface area contributed by atoms with Gasteiger partial charge in [-0.1, -0.05) is 0 Å². The van der Waals surface area contributed by atoms with Crippen molar-refractivity contribution >= 4 is 5.82 Å². The summed E-state index contributed by atoms with van der Waals surface area (Å²) in [5.74, 6) is 1.53. The monoisotopic (exact) mass is 291 g/mol. The van der Waals surface area contributed by atoms with Crippen molar-refractivity contribution in [1.29, 1.82) is 5.26 Å². The van der Waals surface area contributed by atoms with Crippen LogP contribution in [-0.2, 0) is 0 Å². The molecule has 0 aliphatic rings. The molecular formula is C17H13N3O2. The standard InChI is InChI=1S/C17H13N3O2/c1-21-12-6-4-11(5-7-12)15-9-13(16-3-2-8-22-16)14(10-18)17(19)20-15/h2-9H,1H3,(H2,19,20). The molecule has 0 saturated carbocycles. The summed E-state index contributed by atoms with van der Waals surface area (Å²) in [5, 5.41) is 9.30. The van der Waals surface area contributed by atoms with E-state index in [1.807, 2.05) is 24.3 Å². The number of nitrogen functional groups attached to an aromatic ring is 1. The van der Waals surface area contributed by atoms with Crippen LogP contribution in [0.3, 0.4) is 0 Å². The molecule has 2 aromatic heterocycles. The zero-order chi connectivity index (χ0) is 15.5. The highest BCUT2D eigenvalue weighted by atomic mass is 16.5. The van der Waals surface area contributed by atoms with Gasteiger partial charge in [0, 0.05) is 11.1 Å². The number of anilines is 1. The van der Waals surface area contributed by atoms with Crippen LogP contribution < -0.4 is 10.5 Å². The molecule has 0 atom stereocenters. The van der Waals surface area contributed by atoms with Crippen molar-refractivity contribution < 1.29 is 9.15 Å². The van der Waals surface area contributed by atoms with Crippen molar-refractivity contribution in [2.45, 2.75) is 0 Å². The van der Waals surface area contributed by atoms with E-state index in [2.05, 4.69) is 11.1 Å². The molecular weight excluding hydrogens is 278 g/mol. The summed E-state index contributed by atoms with van der Waals surface area (Å²) in [6.07, 6.45) is 1.56. The maximum Gasteiger partial charge on any atom is 0.142 e. The van der Waals surface area contributed by atoms with E-state index in [1.54, 1.807) is 31.6 Å². The van der Waals surface area contributed by atoms with Gasteiger partial charge in [0.25, 0.3) is 0 Å². The summed E-state index contributed by atoms with van der Waals surface area (Å²) in [7, 11) is 1.61. The van der Waals surface area contributed by atoms with Gasteiger partial charge in [-0.2, -0.15) is 5.26 Å². The number of rotatable bonds is 3. The Hall–Kier alpha value is -3.26. The Morgan fingerprint density at radius 1 is 1.23 bits per heavy atom. The largest absolute Gasteiger partial charge is 0.497 e. The lowest BCUT2D eigenvalue weighted by Gasteiger charge is -2.08. The lowest BCUT2D eigenvalue weighted by atomic mass is 10.0. The summed E-state index contributed by atoms with van der Waals surface area (Å²) in [4.78, 5) is 4.31. The molecule has 0 radical (unpaired) electrons. The number of hydrogen-bond donors (Lipinski definition) is 1. The predicted octanol–water partition coefficient (Wildman–Crippen LogP) is 3.47. The quantitative estimate of drug-likeness (QED) is 0.798. The van der Waals surface area contributed by atoms with E-state index >= 15 is 0 Å². The van der Waals surface area contributed by atoms with Gasteiger partial charge in [-0.3, -0.25) is 0 Å². The van der Waals surface area contributed by atoms with Gasteiger partial charge >= 0.3 is 0 Å². The van der Waals surface area contributed by atoms with Crippen LogP contribution in [0, 0.1) is 11.3 Å². The highest BCUT2D eigenvalue weighted by Crippen LogP contribution is 2.31. The second-order valence-electron chi connectivity index (χ2n) is 4.63. The highest BCUT2D eigenvalue weighted by Gasteiger charge is 2.15. The van der Waals surface area contributed by atoms with Crippen LogP contribution in [-0.4, -0.2) is 12.1 Å². The molecule has 0 aliphatic heterocycles. The Kier molecular flexibility index (Phi) is 3.50. The second kappa shape index (κ2) is 5.62. The minimum absolute atomic E-state index is 0.183. The Morgan fingerprint density at radius 2 is 2.00 bits per heavy atom. The van der Waals surface area contributed by atoms with Crippen LogP contribution in [0.25, 0.3) is 22.6 Å². The van der Waals surface area contributed by atoms with Gasteiger partial charge in [-0.25, -0.2) is 4.98 Å². The minimum Gasteiger partial charge on any atom is -0.497 e. The van der Waals surface area contributed by atoms with E-state index in [-0.39, 0.29) is 5.82 Å². The van der Waals surface area contributed by atoms with Gasteiger partial charge in [-0.15, -0.1) is 0 Å². The number of nitrogens with zero attached hydrogens (tertiary/aromatic N) is 2. The summed E-state index contributed by atoms with van der Waals surface area (Å²) in [6.45, 7) is 0. The molecule has 0 fully saturated rings. The molecule has 0 spiro atoms. The first-order valence-electron chi connectivity index (χ1n) is 6.62. The Bertz CT molecular complexity index is 832. The van der Waals surface area contributed by atoms with Crippen molar-refractivity contribution in [3.8, 4) is 34.4 Å². The average molecular weight is 291 g/mol. The fraction of sp³-hybridized carbons (Fsp3) is 0.0588. The van der Waals surface area contributed by atoms with E-state index in [1.165, 1.54) is 0 Å². The molecule has 108 valence electrons. The highest BCUT2D eigenvalue weighted by molar-refractivity contribution is 5.77. The third kappa shape index (κ3) is 2.38. The smallest absolute Gasteiger partial charge is 0.142 e. The van der Waals surface area contributed by atoms with Crippen LogP contribution in [0.4, 0.5) is 5.82 Å². The van der Waals surface area contributed by atoms with Crippen molar-refractivity contribution in [3.63, 3.8) is 0 Å². The number of nitrogens with two attached hydrogens (primary N) is 1. The number of pyridine rings is 1. The van der Waals surface area contributed by atoms with E-state index in [0.29, 0.717) is 22.6 Å². The number of aromatic nitrogens is 1. The first-order valence-corrected chi connectivity index (χ1v) is 6.62. The molecule has 0 amide bonds. The SMILES string of the molecule is COc1ccc(-c2cc(-c3ccco3)c(C#N)c(N)n2)cc1. The second-order valence-corrected chi connectivity index (χ2v) is 4.63. The van der Waals surface area contributed by atoms with Crippen molar-refractivity contribution in [2.75, 3.05) is 12.8 Å². The number of ether oxygens (including phenoxy) is 1. The van der Waals surface area contributed by atoms with Gasteiger partial charge < -0.3 is 14.9 Å². The topological polar surface area (TPSA) is 85.1 Å². The van der Waals surface area contributed by atoms with E-state index < -0.39 is 0 Å². The molecule has 5 nitrogen and oxygen atoms in total. The number of benzene rings is 1. The molecule has 3 rings (SSSR count). The number of methoxy groups -OCH3 is 1. The number of nitriles is 1. The van der Waals surface area contributed by atoms with Gasteiger partial charge in [0.1, 0.15) is 29.0 Å². The predicted molar refractivity (Wildman–Crippen MR) is 83.1 cm³/mol. The lowest BCUT2D eigenvalue weighted by Crippen LogP contribution is -1.99. The molecule has 0 bridgehead atoms. The Labute approximate surface area is 127 Å². The molecule has 1 aromatic carbocycles. The first kappa shape index (κ1) is 13.7. The minimum atomic E-state index is 0.183. The van der Waals surface area contributed by atoms with Crippen LogP contribution in [0.15, 0.2) is 53.1 Å². The molecule has 0 unspecified atom stereocenters. The van der Waals surface area contributed by atoms with Crippen molar-refractivity contribution in [1.82, 2.24) is 4.98 Å². The average Bonchev–Trinajstić information content (AvgIpc) is 3.08. The molecule has 5 heteroatoms. The zero-order valence-electron chi connectivity index (χ0n) is 11.9. The molecule has 2 N–H and O–H groups in total. The molecule has 0 aliphatic carbocycles. The van der Waals surface area contributed by atoms with Gasteiger partial charge in [0.05, 0.1) is 19.1 Å². The number of hydrogen-bond acceptors (Lipinski definition) is 5. The Balaban J connectivity index is 2.15. The summed E-state index contributed by atoms with van der Waals surface area (Å²) >= 11 is 0. The fourth-order valence-corrected chi connectivity index (χ4v) is 2.22. The zero-order valence-corrected chi connectivity index (χ0v) is 11.9. The molecule has 22 heavy (non-hydrogen) atoms. The first-order chi connectivity index (χ1) is 10.7. The van der Waals surface area contributed by atoms with Crippen molar-refractivity contribution in [2.24, 2.45) is 0 Å². The van der Waals surface area contributed by atoms with E-state index in [0.717, 1.165) is 11.3 Å². The summed E-state index contributed by atoms with van der Waals surface area (Å²) < 4.78 is 10.5.